The highest BCUT2D eigenvalue weighted by Crippen LogP contribution is 2.21. The number of thioether (sulfide) groups is 1. The summed E-state index contributed by atoms with van der Waals surface area (Å²) >= 11 is 5.48. The summed E-state index contributed by atoms with van der Waals surface area (Å²) in [6, 6.07) is 9.70. The minimum Gasteiger partial charge on any atom is -0.310 e. The van der Waals surface area contributed by atoms with E-state index in [9.17, 15) is 0 Å². The molecule has 0 aliphatic rings. The van der Waals surface area contributed by atoms with Gasteiger partial charge in [-0.3, -0.25) is 0 Å². The van der Waals surface area contributed by atoms with E-state index >= 15 is 0 Å². The summed E-state index contributed by atoms with van der Waals surface area (Å²) in [6.07, 6.45) is 3.31. The van der Waals surface area contributed by atoms with Crippen LogP contribution < -0.4 is 5.32 Å². The third-order valence-electron chi connectivity index (χ3n) is 3.63. The minimum absolute atomic E-state index is 0.432. The third-order valence-corrected chi connectivity index (χ3v) is 4.94. The largest absolute Gasteiger partial charge is 0.310 e. The third kappa shape index (κ3) is 6.17. The van der Waals surface area contributed by atoms with Gasteiger partial charge in [0.15, 0.2) is 0 Å². The maximum absolute atomic E-state index is 3.60. The van der Waals surface area contributed by atoms with Gasteiger partial charge in [0.2, 0.25) is 0 Å². The van der Waals surface area contributed by atoms with Crippen molar-refractivity contribution in [1.82, 2.24) is 10.2 Å². The molecular weight excluding hydrogens is 332 g/mol. The van der Waals surface area contributed by atoms with Crippen LogP contribution in [0.5, 0.6) is 0 Å². The Morgan fingerprint density at radius 3 is 2.75 bits per heavy atom. The molecule has 1 aromatic rings. The van der Waals surface area contributed by atoms with E-state index in [2.05, 4.69) is 77.6 Å². The Hall–Kier alpha value is -0.0300. The quantitative estimate of drug-likeness (QED) is 0.712. The number of rotatable bonds is 9. The number of hydrogen-bond donors (Lipinski definition) is 1. The van der Waals surface area contributed by atoms with Gasteiger partial charge in [-0.15, -0.1) is 0 Å². The number of nitrogens with zero attached hydrogens (tertiary/aromatic N) is 1. The van der Waals surface area contributed by atoms with Crippen LogP contribution in [-0.4, -0.2) is 43.1 Å². The molecule has 20 heavy (non-hydrogen) atoms. The molecular formula is C16H27BrN2S. The molecule has 0 amide bonds. The zero-order chi connectivity index (χ0) is 15.0. The first-order valence-corrected chi connectivity index (χ1v) is 9.45. The van der Waals surface area contributed by atoms with Gasteiger partial charge in [0.1, 0.15) is 0 Å². The highest BCUT2D eigenvalue weighted by Gasteiger charge is 2.14. The highest BCUT2D eigenvalue weighted by molar-refractivity contribution is 9.10. The Kier molecular flexibility index (Phi) is 8.85. The maximum atomic E-state index is 3.60. The van der Waals surface area contributed by atoms with Crippen LogP contribution in [0.25, 0.3) is 0 Å². The summed E-state index contributed by atoms with van der Waals surface area (Å²) in [5.41, 5.74) is 1.37. The van der Waals surface area contributed by atoms with Crippen LogP contribution in [0.2, 0.25) is 0 Å². The van der Waals surface area contributed by atoms with Crippen molar-refractivity contribution < 1.29 is 0 Å². The van der Waals surface area contributed by atoms with E-state index in [1.807, 2.05) is 11.8 Å². The van der Waals surface area contributed by atoms with Crippen molar-refractivity contribution in [2.45, 2.75) is 32.4 Å². The molecule has 2 nitrogen and oxygen atoms in total. The molecule has 1 rings (SSSR count). The van der Waals surface area contributed by atoms with Crippen molar-refractivity contribution in [3.05, 3.63) is 34.3 Å². The Balaban J connectivity index is 2.59. The lowest BCUT2D eigenvalue weighted by molar-refractivity contribution is 0.260. The second-order valence-corrected chi connectivity index (χ2v) is 7.07. The molecule has 4 heteroatoms. The van der Waals surface area contributed by atoms with Crippen LogP contribution in [0, 0.1) is 0 Å². The average molecular weight is 359 g/mol. The topological polar surface area (TPSA) is 15.3 Å². The Bertz CT molecular complexity index is 386. The van der Waals surface area contributed by atoms with E-state index in [4.69, 9.17) is 0 Å². The van der Waals surface area contributed by atoms with E-state index in [-0.39, 0.29) is 0 Å². The summed E-state index contributed by atoms with van der Waals surface area (Å²) in [6.45, 7) is 6.59. The van der Waals surface area contributed by atoms with Crippen molar-refractivity contribution in [2.75, 3.05) is 32.1 Å². The number of halogens is 1. The van der Waals surface area contributed by atoms with Crippen molar-refractivity contribution in [3.63, 3.8) is 0 Å². The summed E-state index contributed by atoms with van der Waals surface area (Å²) in [5, 5.41) is 3.60. The van der Waals surface area contributed by atoms with Gasteiger partial charge >= 0.3 is 0 Å². The Morgan fingerprint density at radius 1 is 1.40 bits per heavy atom. The predicted molar refractivity (Wildman–Crippen MR) is 95.7 cm³/mol. The molecule has 114 valence electrons. The Morgan fingerprint density at radius 2 is 2.15 bits per heavy atom. The molecule has 0 spiro atoms. The van der Waals surface area contributed by atoms with Crippen LogP contribution in [0.15, 0.2) is 28.7 Å². The normalized spacial score (nSPS) is 14.5. The number of nitrogens with one attached hydrogen (secondary N) is 1. The summed E-state index contributed by atoms with van der Waals surface area (Å²) in [5.74, 6) is 1.19. The van der Waals surface area contributed by atoms with Gasteiger partial charge in [-0.05, 0) is 57.4 Å². The molecule has 0 aromatic heterocycles. The molecule has 0 fully saturated rings. The van der Waals surface area contributed by atoms with Gasteiger partial charge in [-0.1, -0.05) is 35.0 Å². The van der Waals surface area contributed by atoms with Gasteiger partial charge < -0.3 is 10.2 Å². The van der Waals surface area contributed by atoms with Crippen molar-refractivity contribution in [1.29, 1.82) is 0 Å². The average Bonchev–Trinajstić information content (AvgIpc) is 2.43. The lowest BCUT2D eigenvalue weighted by Gasteiger charge is -2.27. The van der Waals surface area contributed by atoms with E-state index in [0.717, 1.165) is 24.0 Å². The molecule has 0 radical (unpaired) electrons. The first kappa shape index (κ1) is 18.0. The molecule has 0 saturated carbocycles. The molecule has 2 atom stereocenters. The number of benzene rings is 1. The van der Waals surface area contributed by atoms with Gasteiger partial charge in [0, 0.05) is 22.3 Å². The van der Waals surface area contributed by atoms with E-state index < -0.39 is 0 Å². The van der Waals surface area contributed by atoms with E-state index in [1.54, 1.807) is 0 Å². The molecule has 0 bridgehead atoms. The molecule has 0 heterocycles. The van der Waals surface area contributed by atoms with Gasteiger partial charge in [-0.25, -0.2) is 0 Å². The smallest absolute Gasteiger partial charge is 0.0332 e. The molecule has 0 aliphatic carbocycles. The molecule has 0 aliphatic heterocycles. The molecule has 1 aromatic carbocycles. The SMILES string of the molecule is CCNC(CCN(C)C(C)CSC)c1cccc(Br)c1. The second-order valence-electron chi connectivity index (χ2n) is 5.24. The van der Waals surface area contributed by atoms with Gasteiger partial charge in [0.25, 0.3) is 0 Å². The summed E-state index contributed by atoms with van der Waals surface area (Å²) in [7, 11) is 2.23. The van der Waals surface area contributed by atoms with Crippen LogP contribution >= 0.6 is 27.7 Å². The molecule has 2 unspecified atom stereocenters. The fraction of sp³-hybridized carbons (Fsp3) is 0.625. The van der Waals surface area contributed by atoms with Crippen LogP contribution in [0.4, 0.5) is 0 Å². The fourth-order valence-electron chi connectivity index (χ4n) is 2.28. The monoisotopic (exact) mass is 358 g/mol. The van der Waals surface area contributed by atoms with Crippen molar-refractivity contribution in [2.24, 2.45) is 0 Å². The lowest BCUT2D eigenvalue weighted by Crippen LogP contribution is -2.34. The lowest BCUT2D eigenvalue weighted by atomic mass is 10.0. The van der Waals surface area contributed by atoms with Gasteiger partial charge in [0.05, 0.1) is 0 Å². The fourth-order valence-corrected chi connectivity index (χ4v) is 3.43. The molecule has 0 saturated heterocycles. The summed E-state index contributed by atoms with van der Waals surface area (Å²) in [4.78, 5) is 2.46. The minimum atomic E-state index is 0.432. The Labute approximate surface area is 136 Å². The number of hydrogen-bond acceptors (Lipinski definition) is 3. The van der Waals surface area contributed by atoms with Gasteiger partial charge in [-0.2, -0.15) is 11.8 Å². The first-order valence-electron chi connectivity index (χ1n) is 7.26. The predicted octanol–water partition coefficient (Wildman–Crippen LogP) is 4.17. The van der Waals surface area contributed by atoms with Crippen LogP contribution in [-0.2, 0) is 0 Å². The maximum Gasteiger partial charge on any atom is 0.0332 e. The zero-order valence-electron chi connectivity index (χ0n) is 13.0. The van der Waals surface area contributed by atoms with E-state index in [1.165, 1.54) is 11.3 Å². The highest BCUT2D eigenvalue weighted by atomic mass is 79.9. The first-order chi connectivity index (χ1) is 9.58. The van der Waals surface area contributed by atoms with E-state index in [0.29, 0.717) is 12.1 Å². The van der Waals surface area contributed by atoms with Crippen LogP contribution in [0.3, 0.4) is 0 Å². The zero-order valence-corrected chi connectivity index (χ0v) is 15.4. The second kappa shape index (κ2) is 9.82. The van der Waals surface area contributed by atoms with Crippen LogP contribution in [0.1, 0.15) is 31.9 Å². The molecule has 1 N–H and O–H groups in total. The van der Waals surface area contributed by atoms with Crippen molar-refractivity contribution >= 4 is 27.7 Å². The summed E-state index contributed by atoms with van der Waals surface area (Å²) < 4.78 is 1.15. The van der Waals surface area contributed by atoms with Crippen molar-refractivity contribution in [3.8, 4) is 0 Å². The standard InChI is InChI=1S/C16H27BrN2S/c1-5-18-16(14-7-6-8-15(17)11-14)9-10-19(3)13(2)12-20-4/h6-8,11,13,16,18H,5,9-10,12H2,1-4H3.